The molecule has 1 aromatic heterocycles. The number of aromatic nitrogens is 2. The second-order valence-electron chi connectivity index (χ2n) is 3.78. The molecule has 0 aliphatic heterocycles. The van der Waals surface area contributed by atoms with E-state index in [0.717, 1.165) is 5.92 Å². The van der Waals surface area contributed by atoms with Crippen LogP contribution in [0.2, 0.25) is 0 Å². The minimum atomic E-state index is 0.645. The van der Waals surface area contributed by atoms with Crippen LogP contribution in [-0.2, 0) is 7.05 Å². The lowest BCUT2D eigenvalue weighted by atomic mass is 9.73. The number of nitrogens with two attached hydrogens (primary N) is 1. The molecule has 0 bridgehead atoms. The molecule has 2 atom stereocenters. The van der Waals surface area contributed by atoms with Crippen molar-refractivity contribution in [2.75, 3.05) is 5.73 Å². The largest absolute Gasteiger partial charge is 0.382 e. The minimum absolute atomic E-state index is 0.645. The number of aryl methyl sites for hydroxylation is 1. The van der Waals surface area contributed by atoms with Crippen LogP contribution >= 0.6 is 0 Å². The monoisotopic (exact) mass is 165 g/mol. The van der Waals surface area contributed by atoms with Crippen molar-refractivity contribution in [3.05, 3.63) is 11.8 Å². The Labute approximate surface area is 72.6 Å². The topological polar surface area (TPSA) is 43.8 Å². The smallest absolute Gasteiger partial charge is 0.145 e. The molecule has 0 amide bonds. The molecule has 0 saturated heterocycles. The Kier molecular flexibility index (Phi) is 1.60. The van der Waals surface area contributed by atoms with Gasteiger partial charge in [-0.1, -0.05) is 6.92 Å². The molecule has 1 saturated carbocycles. The van der Waals surface area contributed by atoms with E-state index in [1.165, 1.54) is 18.5 Å². The summed E-state index contributed by atoms with van der Waals surface area (Å²) < 4.78 is 1.91. The summed E-state index contributed by atoms with van der Waals surface area (Å²) in [5.41, 5.74) is 6.91. The molecule has 3 nitrogen and oxygen atoms in total. The summed E-state index contributed by atoms with van der Waals surface area (Å²) in [4.78, 5) is 0. The van der Waals surface area contributed by atoms with Crippen molar-refractivity contribution >= 4 is 5.82 Å². The molecule has 2 N–H and O–H groups in total. The van der Waals surface area contributed by atoms with E-state index < -0.39 is 0 Å². The van der Waals surface area contributed by atoms with Crippen LogP contribution in [0, 0.1) is 5.92 Å². The second kappa shape index (κ2) is 2.51. The van der Waals surface area contributed by atoms with E-state index in [1.54, 1.807) is 0 Å². The molecule has 0 unspecified atom stereocenters. The van der Waals surface area contributed by atoms with Crippen LogP contribution in [0.1, 0.15) is 31.4 Å². The van der Waals surface area contributed by atoms with Crippen LogP contribution in [0.4, 0.5) is 5.82 Å². The highest BCUT2D eigenvalue weighted by atomic mass is 15.3. The van der Waals surface area contributed by atoms with Crippen molar-refractivity contribution in [3.8, 4) is 0 Å². The summed E-state index contributed by atoms with van der Waals surface area (Å²) in [6.45, 7) is 2.29. The van der Waals surface area contributed by atoms with Gasteiger partial charge in [0.15, 0.2) is 0 Å². The number of hydrogen-bond acceptors (Lipinski definition) is 2. The van der Waals surface area contributed by atoms with E-state index in [0.29, 0.717) is 11.7 Å². The highest BCUT2D eigenvalue weighted by Gasteiger charge is 2.30. The van der Waals surface area contributed by atoms with Gasteiger partial charge in [-0.2, -0.15) is 5.10 Å². The van der Waals surface area contributed by atoms with Gasteiger partial charge >= 0.3 is 0 Å². The lowest BCUT2D eigenvalue weighted by molar-refractivity contribution is 0.268. The van der Waals surface area contributed by atoms with Crippen molar-refractivity contribution < 1.29 is 0 Å². The van der Waals surface area contributed by atoms with Crippen LogP contribution in [-0.4, -0.2) is 9.78 Å². The lowest BCUT2D eigenvalue weighted by Gasteiger charge is -2.33. The summed E-state index contributed by atoms with van der Waals surface area (Å²) in [7, 11) is 1.97. The molecule has 1 aliphatic rings. The van der Waals surface area contributed by atoms with Gasteiger partial charge < -0.3 is 5.73 Å². The molecular formula is C9H15N3. The normalized spacial score (nSPS) is 28.5. The minimum Gasteiger partial charge on any atom is -0.382 e. The van der Waals surface area contributed by atoms with Crippen LogP contribution in [0.25, 0.3) is 0 Å². The van der Waals surface area contributed by atoms with Crippen molar-refractivity contribution in [3.63, 3.8) is 0 Å². The summed E-state index contributed by atoms with van der Waals surface area (Å²) in [5.74, 6) is 2.14. The highest BCUT2D eigenvalue weighted by Crippen LogP contribution is 2.42. The average molecular weight is 165 g/mol. The van der Waals surface area contributed by atoms with Gasteiger partial charge in [0.2, 0.25) is 0 Å². The molecule has 0 radical (unpaired) electrons. The van der Waals surface area contributed by atoms with E-state index >= 15 is 0 Å². The van der Waals surface area contributed by atoms with Crippen molar-refractivity contribution in [1.29, 1.82) is 0 Å². The Bertz CT molecular complexity index is 290. The molecule has 2 rings (SSSR count). The maximum Gasteiger partial charge on any atom is 0.145 e. The van der Waals surface area contributed by atoms with Gasteiger partial charge in [0.05, 0.1) is 0 Å². The zero-order valence-electron chi connectivity index (χ0n) is 7.62. The van der Waals surface area contributed by atoms with Gasteiger partial charge in [-0.05, 0) is 18.8 Å². The number of hydrogen-bond donors (Lipinski definition) is 1. The zero-order chi connectivity index (χ0) is 8.72. The molecule has 0 spiro atoms. The van der Waals surface area contributed by atoms with E-state index in [-0.39, 0.29) is 0 Å². The van der Waals surface area contributed by atoms with Crippen molar-refractivity contribution in [2.45, 2.75) is 25.7 Å². The average Bonchev–Trinajstić information content (AvgIpc) is 2.28. The van der Waals surface area contributed by atoms with Gasteiger partial charge in [0, 0.05) is 24.7 Å². The lowest BCUT2D eigenvalue weighted by Crippen LogP contribution is -2.22. The van der Waals surface area contributed by atoms with E-state index in [1.807, 2.05) is 17.8 Å². The quantitative estimate of drug-likeness (QED) is 0.685. The molecule has 1 aromatic rings. The molecular weight excluding hydrogens is 150 g/mol. The third-order valence-corrected chi connectivity index (χ3v) is 2.93. The third-order valence-electron chi connectivity index (χ3n) is 2.93. The standard InChI is InChI=1S/C9H15N3/c1-6-3-4-7(6)8-5-9(10)11-12(8)2/h5-7H,3-4H2,1-2H3,(H2,10,11)/t6-,7+/m0/s1. The first-order valence-electron chi connectivity index (χ1n) is 4.48. The van der Waals surface area contributed by atoms with Crippen molar-refractivity contribution in [1.82, 2.24) is 9.78 Å². The van der Waals surface area contributed by atoms with Gasteiger partial charge in [-0.25, -0.2) is 0 Å². The number of anilines is 1. The molecule has 1 fully saturated rings. The number of nitrogen functional groups attached to an aromatic ring is 1. The van der Waals surface area contributed by atoms with Crippen LogP contribution < -0.4 is 5.73 Å². The first-order chi connectivity index (χ1) is 5.68. The second-order valence-corrected chi connectivity index (χ2v) is 3.78. The van der Waals surface area contributed by atoms with E-state index in [4.69, 9.17) is 5.73 Å². The molecule has 12 heavy (non-hydrogen) atoms. The first-order valence-corrected chi connectivity index (χ1v) is 4.48. The fourth-order valence-electron chi connectivity index (χ4n) is 1.96. The van der Waals surface area contributed by atoms with Crippen LogP contribution in [0.15, 0.2) is 6.07 Å². The predicted octanol–water partition coefficient (Wildman–Crippen LogP) is 1.52. The summed E-state index contributed by atoms with van der Waals surface area (Å²) in [5, 5.41) is 4.14. The number of rotatable bonds is 1. The molecule has 0 aromatic carbocycles. The first kappa shape index (κ1) is 7.65. The van der Waals surface area contributed by atoms with Crippen molar-refractivity contribution in [2.24, 2.45) is 13.0 Å². The van der Waals surface area contributed by atoms with Crippen LogP contribution in [0.3, 0.4) is 0 Å². The zero-order valence-corrected chi connectivity index (χ0v) is 7.62. The van der Waals surface area contributed by atoms with E-state index in [2.05, 4.69) is 12.0 Å². The van der Waals surface area contributed by atoms with Gasteiger partial charge in [0.25, 0.3) is 0 Å². The molecule has 3 heteroatoms. The summed E-state index contributed by atoms with van der Waals surface area (Å²) in [6, 6.07) is 2.00. The molecule has 66 valence electrons. The Balaban J connectivity index is 2.27. The highest BCUT2D eigenvalue weighted by molar-refractivity contribution is 5.32. The maximum absolute atomic E-state index is 5.61. The summed E-state index contributed by atoms with van der Waals surface area (Å²) in [6.07, 6.45) is 2.63. The summed E-state index contributed by atoms with van der Waals surface area (Å²) >= 11 is 0. The van der Waals surface area contributed by atoms with Gasteiger partial charge in [-0.15, -0.1) is 0 Å². The Morgan fingerprint density at radius 3 is 2.67 bits per heavy atom. The Morgan fingerprint density at radius 1 is 1.58 bits per heavy atom. The van der Waals surface area contributed by atoms with Crippen LogP contribution in [0.5, 0.6) is 0 Å². The Hall–Kier alpha value is -0.990. The fourth-order valence-corrected chi connectivity index (χ4v) is 1.96. The fraction of sp³-hybridized carbons (Fsp3) is 0.667. The molecule has 1 heterocycles. The van der Waals surface area contributed by atoms with E-state index in [9.17, 15) is 0 Å². The SMILES string of the molecule is C[C@H]1CC[C@H]1c1cc(N)nn1C. The Morgan fingerprint density at radius 2 is 2.33 bits per heavy atom. The molecule has 1 aliphatic carbocycles. The third kappa shape index (κ3) is 1.00. The van der Waals surface area contributed by atoms with Gasteiger partial charge in [-0.3, -0.25) is 4.68 Å². The number of nitrogens with zero attached hydrogens (tertiary/aromatic N) is 2. The maximum atomic E-state index is 5.61. The predicted molar refractivity (Wildman–Crippen MR) is 48.8 cm³/mol. The van der Waals surface area contributed by atoms with Gasteiger partial charge in [0.1, 0.15) is 5.82 Å².